The molecule has 0 bridgehead atoms. The average molecular weight is 450 g/mol. The van der Waals surface area contributed by atoms with Crippen molar-refractivity contribution in [3.63, 3.8) is 0 Å². The number of ether oxygens (including phenoxy) is 1. The summed E-state index contributed by atoms with van der Waals surface area (Å²) in [5, 5.41) is 13.2. The quantitative estimate of drug-likeness (QED) is 0.394. The van der Waals surface area contributed by atoms with Crippen LogP contribution in [0.1, 0.15) is 33.4 Å². The Labute approximate surface area is 179 Å². The molecular weight excluding hydrogens is 430 g/mol. The van der Waals surface area contributed by atoms with Gasteiger partial charge in [-0.25, -0.2) is 4.79 Å². The van der Waals surface area contributed by atoms with E-state index in [-0.39, 0.29) is 35.1 Å². The summed E-state index contributed by atoms with van der Waals surface area (Å²) < 4.78 is 12.1. The molecule has 0 saturated carbocycles. The van der Waals surface area contributed by atoms with Crippen LogP contribution in [0.15, 0.2) is 27.1 Å². The van der Waals surface area contributed by atoms with Crippen molar-refractivity contribution < 1.29 is 23.5 Å². The number of esters is 1. The van der Waals surface area contributed by atoms with E-state index in [9.17, 15) is 14.4 Å². The molecule has 0 aromatic carbocycles. The van der Waals surface area contributed by atoms with Gasteiger partial charge in [0, 0.05) is 7.05 Å². The molecule has 0 spiro atoms. The van der Waals surface area contributed by atoms with Crippen LogP contribution < -0.4 is 11.1 Å². The smallest absolute Gasteiger partial charge is 0.342 e. The molecule has 0 aliphatic heterocycles. The first-order valence-electron chi connectivity index (χ1n) is 8.79. The minimum Gasteiger partial charge on any atom is -0.462 e. The van der Waals surface area contributed by atoms with Crippen LogP contribution in [0.2, 0.25) is 0 Å². The molecule has 0 aliphatic carbocycles. The third kappa shape index (κ3) is 4.39. The van der Waals surface area contributed by atoms with Crippen molar-refractivity contribution in [2.45, 2.75) is 19.0 Å². The lowest BCUT2D eigenvalue weighted by Crippen LogP contribution is -2.21. The summed E-state index contributed by atoms with van der Waals surface area (Å²) in [6.45, 7) is 3.23. The zero-order chi connectivity index (χ0) is 21.8. The van der Waals surface area contributed by atoms with E-state index >= 15 is 0 Å². The minimum absolute atomic E-state index is 0.0247. The molecule has 0 radical (unpaired) electrons. The fourth-order valence-corrected chi connectivity index (χ4v) is 4.13. The largest absolute Gasteiger partial charge is 0.462 e. The molecule has 10 nitrogen and oxygen atoms in total. The molecule has 0 aliphatic rings. The number of nitrogens with one attached hydrogen (secondary N) is 1. The Morgan fingerprint density at radius 2 is 2.10 bits per heavy atom. The van der Waals surface area contributed by atoms with Gasteiger partial charge in [0.15, 0.2) is 11.0 Å². The van der Waals surface area contributed by atoms with Gasteiger partial charge in [0.25, 0.3) is 5.91 Å². The highest BCUT2D eigenvalue weighted by Crippen LogP contribution is 2.29. The van der Waals surface area contributed by atoms with Crippen molar-refractivity contribution in [3.8, 4) is 10.7 Å². The summed E-state index contributed by atoms with van der Waals surface area (Å²) in [4.78, 5) is 37.3. The number of nitrogens with zero attached hydrogens (tertiary/aromatic N) is 3. The highest BCUT2D eigenvalue weighted by Gasteiger charge is 2.29. The van der Waals surface area contributed by atoms with E-state index in [0.717, 1.165) is 16.6 Å². The number of carbonyl (C=O) groups is 3. The molecular formula is C18H19N5O5S2. The minimum atomic E-state index is -0.910. The number of carbonyl (C=O) groups excluding carboxylic acids is 3. The molecule has 3 heterocycles. The number of hydrogen-bond acceptors (Lipinski definition) is 9. The lowest BCUT2D eigenvalue weighted by molar-refractivity contribution is -0.113. The molecule has 158 valence electrons. The van der Waals surface area contributed by atoms with Crippen LogP contribution in [0, 0.1) is 6.92 Å². The maximum Gasteiger partial charge on any atom is 0.342 e. The summed E-state index contributed by atoms with van der Waals surface area (Å²) in [6.07, 6.45) is 0. The first kappa shape index (κ1) is 21.6. The summed E-state index contributed by atoms with van der Waals surface area (Å²) in [7, 11) is 1.81. The van der Waals surface area contributed by atoms with Gasteiger partial charge >= 0.3 is 5.97 Å². The molecule has 0 atom stereocenters. The van der Waals surface area contributed by atoms with Gasteiger partial charge in [0.05, 0.1) is 17.2 Å². The van der Waals surface area contributed by atoms with E-state index in [2.05, 4.69) is 15.5 Å². The first-order chi connectivity index (χ1) is 14.3. The lowest BCUT2D eigenvalue weighted by Gasteiger charge is -2.05. The number of primary amides is 1. The number of amides is 2. The number of furan rings is 1. The van der Waals surface area contributed by atoms with Gasteiger partial charge < -0.3 is 19.5 Å². The third-order valence-corrected chi connectivity index (χ3v) is 5.86. The maximum absolute atomic E-state index is 12.4. The van der Waals surface area contributed by atoms with Crippen LogP contribution in [-0.4, -0.2) is 44.9 Å². The normalized spacial score (nSPS) is 10.8. The monoisotopic (exact) mass is 449 g/mol. The van der Waals surface area contributed by atoms with Crippen LogP contribution in [0.5, 0.6) is 0 Å². The predicted octanol–water partition coefficient (Wildman–Crippen LogP) is 2.45. The van der Waals surface area contributed by atoms with Gasteiger partial charge in [-0.3, -0.25) is 14.9 Å². The highest BCUT2D eigenvalue weighted by atomic mass is 32.2. The van der Waals surface area contributed by atoms with Crippen molar-refractivity contribution in [1.82, 2.24) is 14.8 Å². The third-order valence-electron chi connectivity index (χ3n) is 3.97. The number of aromatic nitrogens is 3. The van der Waals surface area contributed by atoms with E-state index in [1.807, 2.05) is 24.6 Å². The SMILES string of the molecule is CCOC(=O)c1c(C)oc(NC(=O)CSc2nnc(-c3cccs3)n2C)c1C(N)=O. The second-order valence-electron chi connectivity index (χ2n) is 6.00. The van der Waals surface area contributed by atoms with Crippen molar-refractivity contribution >= 4 is 46.8 Å². The van der Waals surface area contributed by atoms with Crippen molar-refractivity contribution in [2.75, 3.05) is 17.7 Å². The number of aryl methyl sites for hydroxylation is 1. The average Bonchev–Trinajstić information content (AvgIpc) is 3.39. The van der Waals surface area contributed by atoms with E-state index in [1.54, 1.807) is 11.5 Å². The van der Waals surface area contributed by atoms with E-state index < -0.39 is 17.8 Å². The Bertz CT molecular complexity index is 1090. The van der Waals surface area contributed by atoms with E-state index in [0.29, 0.717) is 11.0 Å². The van der Waals surface area contributed by atoms with Gasteiger partial charge in [-0.2, -0.15) is 0 Å². The van der Waals surface area contributed by atoms with Crippen LogP contribution in [0.25, 0.3) is 10.7 Å². The van der Waals surface area contributed by atoms with Crippen LogP contribution in [0.4, 0.5) is 5.88 Å². The number of nitrogens with two attached hydrogens (primary N) is 1. The molecule has 3 aromatic rings. The van der Waals surface area contributed by atoms with Gasteiger partial charge in [-0.05, 0) is 25.3 Å². The fourth-order valence-electron chi connectivity index (χ4n) is 2.67. The van der Waals surface area contributed by atoms with E-state index in [1.165, 1.54) is 18.3 Å². The van der Waals surface area contributed by atoms with Crippen LogP contribution in [0.3, 0.4) is 0 Å². The Morgan fingerprint density at radius 3 is 2.73 bits per heavy atom. The Hall–Kier alpha value is -3.12. The topological polar surface area (TPSA) is 142 Å². The standard InChI is InChI=1S/C18H19N5O5S2/c1-4-27-17(26)12-9(2)28-16(13(12)14(19)25)20-11(24)8-30-18-22-21-15(23(18)3)10-6-5-7-29-10/h5-7H,4,8H2,1-3H3,(H2,19,25)(H,20,24). The number of anilines is 1. The Morgan fingerprint density at radius 1 is 1.33 bits per heavy atom. The van der Waals surface area contributed by atoms with Crippen molar-refractivity contribution in [1.29, 1.82) is 0 Å². The predicted molar refractivity (Wildman–Crippen MR) is 112 cm³/mol. The molecule has 2 amide bonds. The van der Waals surface area contributed by atoms with Gasteiger partial charge in [-0.15, -0.1) is 21.5 Å². The molecule has 30 heavy (non-hydrogen) atoms. The Kier molecular flexibility index (Phi) is 6.57. The summed E-state index contributed by atoms with van der Waals surface area (Å²) in [5.74, 6) is -1.51. The first-order valence-corrected chi connectivity index (χ1v) is 10.7. The van der Waals surface area contributed by atoms with Crippen molar-refractivity contribution in [3.05, 3.63) is 34.4 Å². The van der Waals surface area contributed by atoms with Crippen LogP contribution >= 0.6 is 23.1 Å². The highest BCUT2D eigenvalue weighted by molar-refractivity contribution is 7.99. The molecule has 0 unspecified atom stereocenters. The zero-order valence-corrected chi connectivity index (χ0v) is 18.1. The maximum atomic E-state index is 12.4. The summed E-state index contributed by atoms with van der Waals surface area (Å²) in [6, 6.07) is 3.85. The van der Waals surface area contributed by atoms with E-state index in [4.69, 9.17) is 14.9 Å². The molecule has 3 N–H and O–H groups in total. The molecule has 3 rings (SSSR count). The Balaban J connectivity index is 1.72. The molecule has 0 saturated heterocycles. The number of rotatable bonds is 8. The van der Waals surface area contributed by atoms with Crippen LogP contribution in [-0.2, 0) is 16.6 Å². The summed E-state index contributed by atoms with van der Waals surface area (Å²) in [5.41, 5.74) is 5.07. The number of thioether (sulfide) groups is 1. The lowest BCUT2D eigenvalue weighted by atomic mass is 10.1. The molecule has 0 fully saturated rings. The molecule has 3 aromatic heterocycles. The fraction of sp³-hybridized carbons (Fsp3) is 0.278. The van der Waals surface area contributed by atoms with Gasteiger partial charge in [-0.1, -0.05) is 17.8 Å². The summed E-state index contributed by atoms with van der Waals surface area (Å²) >= 11 is 2.70. The zero-order valence-electron chi connectivity index (χ0n) is 16.4. The number of thiophene rings is 1. The van der Waals surface area contributed by atoms with Gasteiger partial charge in [0.2, 0.25) is 11.8 Å². The molecule has 12 heteroatoms. The van der Waals surface area contributed by atoms with Crippen molar-refractivity contribution in [2.24, 2.45) is 12.8 Å². The number of hydrogen-bond donors (Lipinski definition) is 2. The second-order valence-corrected chi connectivity index (χ2v) is 7.89. The van der Waals surface area contributed by atoms with Gasteiger partial charge in [0.1, 0.15) is 16.9 Å². The second kappa shape index (κ2) is 9.13.